The Kier molecular flexibility index (Phi) is 10.7. The van der Waals surface area contributed by atoms with Crippen molar-refractivity contribution in [3.8, 4) is 0 Å². The minimum Gasteiger partial charge on any atom is -0.325 e. The number of hydrogen-bond acceptors (Lipinski definition) is 6. The second-order valence-corrected chi connectivity index (χ2v) is 12.9. The molecule has 3 heterocycles. The molecular weight excluding hydrogens is 576 g/mol. The average Bonchev–Trinajstić information content (AvgIpc) is 3.86. The van der Waals surface area contributed by atoms with Gasteiger partial charge >= 0.3 is 0 Å². The SMILES string of the molecule is O=C(CN1CCCC1)Nc1ccc(C(c2ccc(NC(=O)CN3CCCC3)cc2)c2ccc(NC(=O)CN3CCCC3)cc2)cc1. The van der Waals surface area contributed by atoms with Gasteiger partial charge in [-0.05, 0) is 131 Å². The van der Waals surface area contributed by atoms with Crippen molar-refractivity contribution in [2.75, 3.05) is 74.9 Å². The van der Waals surface area contributed by atoms with Crippen molar-refractivity contribution in [3.05, 3.63) is 89.5 Å². The summed E-state index contributed by atoms with van der Waals surface area (Å²) in [4.78, 5) is 44.4. The summed E-state index contributed by atoms with van der Waals surface area (Å²) in [6.07, 6.45) is 6.92. The van der Waals surface area contributed by atoms with Gasteiger partial charge in [-0.1, -0.05) is 36.4 Å². The molecule has 46 heavy (non-hydrogen) atoms. The highest BCUT2D eigenvalue weighted by atomic mass is 16.2. The minimum atomic E-state index is -0.0851. The number of anilines is 3. The largest absolute Gasteiger partial charge is 0.325 e. The maximum atomic E-state index is 12.6. The predicted molar refractivity (Wildman–Crippen MR) is 183 cm³/mol. The Bertz CT molecular complexity index is 1280. The first-order valence-corrected chi connectivity index (χ1v) is 16.8. The first-order valence-electron chi connectivity index (χ1n) is 16.8. The van der Waals surface area contributed by atoms with Gasteiger partial charge in [-0.2, -0.15) is 0 Å². The smallest absolute Gasteiger partial charge is 0.238 e. The maximum absolute atomic E-state index is 12.6. The lowest BCUT2D eigenvalue weighted by molar-refractivity contribution is -0.117. The Morgan fingerprint density at radius 2 is 0.674 bits per heavy atom. The van der Waals surface area contributed by atoms with E-state index in [9.17, 15) is 14.4 Å². The fourth-order valence-corrected chi connectivity index (χ4v) is 6.89. The first-order chi connectivity index (χ1) is 22.5. The van der Waals surface area contributed by atoms with E-state index < -0.39 is 0 Å². The third-order valence-corrected chi connectivity index (χ3v) is 9.28. The van der Waals surface area contributed by atoms with Gasteiger partial charge in [-0.15, -0.1) is 0 Å². The zero-order chi connectivity index (χ0) is 31.7. The Labute approximate surface area is 272 Å². The molecule has 3 aromatic carbocycles. The van der Waals surface area contributed by atoms with Crippen LogP contribution in [0.15, 0.2) is 72.8 Å². The lowest BCUT2D eigenvalue weighted by Gasteiger charge is -2.21. The molecule has 0 bridgehead atoms. The summed E-state index contributed by atoms with van der Waals surface area (Å²) in [5.74, 6) is -0.0548. The number of nitrogens with zero attached hydrogens (tertiary/aromatic N) is 3. The average molecular weight is 623 g/mol. The van der Waals surface area contributed by atoms with Crippen molar-refractivity contribution >= 4 is 34.8 Å². The fraction of sp³-hybridized carbons (Fsp3) is 0.432. The van der Waals surface area contributed by atoms with E-state index in [2.05, 4.69) is 67.0 Å². The summed E-state index contributed by atoms with van der Waals surface area (Å²) in [6, 6.07) is 24.2. The normalized spacial score (nSPS) is 17.4. The standard InChI is InChI=1S/C37H46N6O3/c44-34(25-41-19-1-2-20-41)38-31-13-7-28(8-14-31)37(29-9-15-32(16-10-29)39-35(45)26-42-21-3-4-22-42)30-11-17-33(18-12-30)40-36(46)27-43-23-5-6-24-43/h7-18,37H,1-6,19-27H2,(H,38,44)(H,39,45)(H,40,46). The molecule has 0 saturated carbocycles. The quantitative estimate of drug-likeness (QED) is 0.247. The van der Waals surface area contributed by atoms with Crippen LogP contribution in [0.1, 0.15) is 61.1 Å². The van der Waals surface area contributed by atoms with Crippen LogP contribution in [0.25, 0.3) is 0 Å². The van der Waals surface area contributed by atoms with E-state index >= 15 is 0 Å². The zero-order valence-corrected chi connectivity index (χ0v) is 26.7. The van der Waals surface area contributed by atoms with Crippen LogP contribution >= 0.6 is 0 Å². The van der Waals surface area contributed by atoms with Crippen LogP contribution in [0.5, 0.6) is 0 Å². The van der Waals surface area contributed by atoms with Crippen molar-refractivity contribution in [2.24, 2.45) is 0 Å². The van der Waals surface area contributed by atoms with Gasteiger partial charge in [-0.25, -0.2) is 0 Å². The number of rotatable bonds is 12. The van der Waals surface area contributed by atoms with Crippen LogP contribution in [0.4, 0.5) is 17.1 Å². The van der Waals surface area contributed by atoms with Crippen molar-refractivity contribution in [1.82, 2.24) is 14.7 Å². The van der Waals surface area contributed by atoms with Crippen LogP contribution in [-0.2, 0) is 14.4 Å². The molecule has 3 aromatic rings. The van der Waals surface area contributed by atoms with Gasteiger partial charge in [0.1, 0.15) is 0 Å². The molecule has 0 aliphatic carbocycles. The Balaban J connectivity index is 1.17. The molecule has 242 valence electrons. The number of likely N-dealkylation sites (tertiary alicyclic amines) is 3. The van der Waals surface area contributed by atoms with Crippen LogP contribution in [-0.4, -0.2) is 91.3 Å². The molecule has 0 aromatic heterocycles. The van der Waals surface area contributed by atoms with Gasteiger partial charge in [0.25, 0.3) is 0 Å². The molecule has 3 aliphatic rings. The van der Waals surface area contributed by atoms with Crippen LogP contribution in [0.3, 0.4) is 0 Å². The van der Waals surface area contributed by atoms with Crippen molar-refractivity contribution in [1.29, 1.82) is 0 Å². The number of nitrogens with one attached hydrogen (secondary N) is 3. The number of hydrogen-bond donors (Lipinski definition) is 3. The molecule has 3 amide bonds. The van der Waals surface area contributed by atoms with Crippen molar-refractivity contribution in [2.45, 2.75) is 44.4 Å². The minimum absolute atomic E-state index is 0.0101. The van der Waals surface area contributed by atoms with E-state index in [-0.39, 0.29) is 23.6 Å². The summed E-state index contributed by atoms with van der Waals surface area (Å²) < 4.78 is 0. The van der Waals surface area contributed by atoms with Gasteiger partial charge in [0, 0.05) is 23.0 Å². The molecule has 3 saturated heterocycles. The Morgan fingerprint density at radius 3 is 0.913 bits per heavy atom. The number of carbonyl (C=O) groups excluding carboxylic acids is 3. The lowest BCUT2D eigenvalue weighted by Crippen LogP contribution is -2.30. The summed E-state index contributed by atoms with van der Waals surface area (Å²) in [7, 11) is 0. The third-order valence-electron chi connectivity index (χ3n) is 9.28. The van der Waals surface area contributed by atoms with E-state index in [1.165, 1.54) is 0 Å². The Morgan fingerprint density at radius 1 is 0.435 bits per heavy atom. The second kappa shape index (κ2) is 15.5. The van der Waals surface area contributed by atoms with Gasteiger partial charge in [0.2, 0.25) is 17.7 Å². The molecular formula is C37H46N6O3. The summed E-state index contributed by atoms with van der Waals surface area (Å²) in [6.45, 7) is 7.16. The molecule has 9 nitrogen and oxygen atoms in total. The monoisotopic (exact) mass is 622 g/mol. The highest BCUT2D eigenvalue weighted by Crippen LogP contribution is 2.34. The lowest BCUT2D eigenvalue weighted by atomic mass is 9.85. The number of carbonyl (C=O) groups is 3. The Hall–Kier alpha value is -4.05. The summed E-state index contributed by atoms with van der Waals surface area (Å²) in [5.41, 5.74) is 5.56. The van der Waals surface area contributed by atoms with Crippen molar-refractivity contribution in [3.63, 3.8) is 0 Å². The van der Waals surface area contributed by atoms with Crippen LogP contribution in [0, 0.1) is 0 Å². The van der Waals surface area contributed by atoms with E-state index in [0.717, 1.165) is 112 Å². The molecule has 0 radical (unpaired) electrons. The molecule has 9 heteroatoms. The van der Waals surface area contributed by atoms with Crippen LogP contribution < -0.4 is 16.0 Å². The molecule has 0 unspecified atom stereocenters. The van der Waals surface area contributed by atoms with Crippen molar-refractivity contribution < 1.29 is 14.4 Å². The summed E-state index contributed by atoms with van der Waals surface area (Å²) >= 11 is 0. The van der Waals surface area contributed by atoms with E-state index in [1.54, 1.807) is 0 Å². The second-order valence-electron chi connectivity index (χ2n) is 12.9. The molecule has 3 N–H and O–H groups in total. The predicted octanol–water partition coefficient (Wildman–Crippen LogP) is 4.97. The van der Waals surface area contributed by atoms with E-state index in [4.69, 9.17) is 0 Å². The van der Waals surface area contributed by atoms with E-state index in [0.29, 0.717) is 19.6 Å². The van der Waals surface area contributed by atoms with Gasteiger partial charge in [0.15, 0.2) is 0 Å². The molecule has 0 spiro atoms. The van der Waals surface area contributed by atoms with Gasteiger partial charge in [0.05, 0.1) is 19.6 Å². The summed E-state index contributed by atoms with van der Waals surface area (Å²) in [5, 5.41) is 9.15. The maximum Gasteiger partial charge on any atom is 0.238 e. The fourth-order valence-electron chi connectivity index (χ4n) is 6.89. The number of benzene rings is 3. The molecule has 0 atom stereocenters. The molecule has 3 fully saturated rings. The first kappa shape index (κ1) is 31.9. The molecule has 3 aliphatic heterocycles. The van der Waals surface area contributed by atoms with Gasteiger partial charge in [-0.3, -0.25) is 29.1 Å². The molecule has 6 rings (SSSR count). The highest BCUT2D eigenvalue weighted by Gasteiger charge is 2.20. The highest BCUT2D eigenvalue weighted by molar-refractivity contribution is 5.93. The zero-order valence-electron chi connectivity index (χ0n) is 26.7. The van der Waals surface area contributed by atoms with Gasteiger partial charge < -0.3 is 16.0 Å². The van der Waals surface area contributed by atoms with E-state index in [1.807, 2.05) is 36.4 Å². The number of amides is 3. The third kappa shape index (κ3) is 8.81. The topological polar surface area (TPSA) is 97.0 Å². The van der Waals surface area contributed by atoms with Crippen LogP contribution in [0.2, 0.25) is 0 Å².